The predicted molar refractivity (Wildman–Crippen MR) is 224 cm³/mol. The van der Waals surface area contributed by atoms with Crippen molar-refractivity contribution in [2.45, 2.75) is 155 Å². The van der Waals surface area contributed by atoms with Gasteiger partial charge in [0, 0.05) is 62.0 Å². The van der Waals surface area contributed by atoms with E-state index in [0.717, 1.165) is 16.8 Å². The maximum absolute atomic E-state index is 14.7. The minimum atomic E-state index is -1.41. The minimum absolute atomic E-state index is 0.122. The highest BCUT2D eigenvalue weighted by Gasteiger charge is 2.60. The number of rotatable bonds is 11. The average Bonchev–Trinajstić information content (AvgIpc) is 3.78. The maximum atomic E-state index is 14.7. The number of Topliss-reactive ketones (excluding diaryl/α,β-unsaturated/α-hetero) is 2. The fourth-order valence-corrected chi connectivity index (χ4v) is 9.72. The van der Waals surface area contributed by atoms with E-state index < -0.39 is 83.4 Å². The Bertz CT molecular complexity index is 1860. The number of halogens is 1. The number of fused-ring (bicyclic) bond motifs is 1. The summed E-state index contributed by atoms with van der Waals surface area (Å²) in [5.41, 5.74) is -0.210. The second kappa shape index (κ2) is 19.3. The zero-order valence-corrected chi connectivity index (χ0v) is 38.1. The van der Waals surface area contributed by atoms with Gasteiger partial charge in [0.05, 0.1) is 35.9 Å². The van der Waals surface area contributed by atoms with Gasteiger partial charge < -0.3 is 43.2 Å². The van der Waals surface area contributed by atoms with Gasteiger partial charge in [-0.25, -0.2) is 14.8 Å². The number of aliphatic hydroxyl groups is 1. The molecule has 16 heteroatoms. The van der Waals surface area contributed by atoms with Crippen molar-refractivity contribution in [2.24, 2.45) is 23.7 Å². The molecule has 0 bridgehead atoms. The molecule has 60 heavy (non-hydrogen) atoms. The molecule has 2 aromatic heterocycles. The zero-order valence-electron chi connectivity index (χ0n) is 37.3. The standard InChI is InChI=1S/C44H66ClN5O10/c1-13-33-44(9)37(50(42(55)60-44)17-15-14-16-49-22-31(47-23-49)30-18-24(2)39(45)46-21-30)27(5)34(51)25(3)20-43(8,56-12)38(28(6)35(52)29(7)40(54)58-33)59-41-36(53)32(48(10)11)19-26(4)57-41/h18,21-23,25-29,32-33,36-38,41,53H,13-17,19-20H2,1-12H3/t25-,26-,27+,28+,29-,32+,33-,36-,37-,38-,41?,43+,44-/m1/s1. The van der Waals surface area contributed by atoms with Crippen LogP contribution in [0, 0.1) is 30.6 Å². The average molecular weight is 860 g/mol. The number of aliphatic hydroxyl groups excluding tert-OH is 1. The first-order valence-corrected chi connectivity index (χ1v) is 21.7. The first kappa shape index (κ1) is 47.6. The van der Waals surface area contributed by atoms with Crippen LogP contribution in [0.15, 0.2) is 24.8 Å². The van der Waals surface area contributed by atoms with Crippen molar-refractivity contribution in [2.75, 3.05) is 27.7 Å². The van der Waals surface area contributed by atoms with E-state index >= 15 is 0 Å². The number of unbranched alkanes of at least 4 members (excludes halogenated alkanes) is 1. The molecule has 13 atom stereocenters. The van der Waals surface area contributed by atoms with Gasteiger partial charge >= 0.3 is 12.1 Å². The summed E-state index contributed by atoms with van der Waals surface area (Å²) in [6.45, 7) is 16.8. The number of cyclic esters (lactones) is 1. The van der Waals surface area contributed by atoms with Crippen LogP contribution in [0.3, 0.4) is 0 Å². The molecular weight excluding hydrogens is 794 g/mol. The molecule has 5 rings (SSSR count). The van der Waals surface area contributed by atoms with Crippen LogP contribution in [-0.2, 0) is 44.6 Å². The number of ketones is 2. The molecular formula is C44H66ClN5O10. The minimum Gasteiger partial charge on any atom is -0.458 e. The summed E-state index contributed by atoms with van der Waals surface area (Å²) in [6, 6.07) is 0.850. The van der Waals surface area contributed by atoms with Crippen molar-refractivity contribution < 1.29 is 48.0 Å². The number of hydrogen-bond acceptors (Lipinski definition) is 13. The number of nitrogens with zero attached hydrogens (tertiary/aromatic N) is 5. The van der Waals surface area contributed by atoms with Crippen molar-refractivity contribution >= 4 is 35.2 Å². The Morgan fingerprint density at radius 3 is 2.33 bits per heavy atom. The fraction of sp³-hybridized carbons (Fsp3) is 0.727. The number of carbonyl (C=O) groups excluding carboxylic acids is 4. The Hall–Kier alpha value is -3.47. The Morgan fingerprint density at radius 1 is 1.02 bits per heavy atom. The Morgan fingerprint density at radius 2 is 1.70 bits per heavy atom. The molecule has 15 nitrogen and oxygen atoms in total. The van der Waals surface area contributed by atoms with Crippen molar-refractivity contribution in [3.8, 4) is 11.3 Å². The van der Waals surface area contributed by atoms with Crippen LogP contribution in [0.4, 0.5) is 4.79 Å². The summed E-state index contributed by atoms with van der Waals surface area (Å²) in [7, 11) is 5.23. The third-order valence-electron chi connectivity index (χ3n) is 13.2. The molecule has 3 aliphatic heterocycles. The summed E-state index contributed by atoms with van der Waals surface area (Å²) in [6.07, 6.45) is 2.52. The normalized spacial score (nSPS) is 35.9. The first-order valence-electron chi connectivity index (χ1n) is 21.3. The van der Waals surface area contributed by atoms with Gasteiger partial charge in [-0.3, -0.25) is 14.4 Å². The zero-order chi connectivity index (χ0) is 44.4. The van der Waals surface area contributed by atoms with Crippen molar-refractivity contribution in [1.82, 2.24) is 24.3 Å². The van der Waals surface area contributed by atoms with E-state index in [1.165, 1.54) is 14.0 Å². The highest BCUT2D eigenvalue weighted by Crippen LogP contribution is 2.43. The first-order chi connectivity index (χ1) is 28.2. The lowest BCUT2D eigenvalue weighted by atomic mass is 9.73. The van der Waals surface area contributed by atoms with Crippen LogP contribution in [-0.4, -0.2) is 135 Å². The predicted octanol–water partition coefficient (Wildman–Crippen LogP) is 5.89. The Labute approximate surface area is 359 Å². The number of esters is 1. The molecule has 0 aromatic carbocycles. The van der Waals surface area contributed by atoms with E-state index in [0.29, 0.717) is 31.0 Å². The topological polar surface area (TPSA) is 172 Å². The molecule has 1 amide bonds. The smallest absolute Gasteiger partial charge is 0.410 e. The number of aromatic nitrogens is 3. The SMILES string of the molecule is CC[C@H]1OC(=O)[C@H](C)C(=O)[C@H](C)[C@@H](OC2O[C@H](C)C[C@H](N(C)C)[C@H]2O)[C@@](C)(OC)C[C@@H](C)C(=O)[C@H](C)[C@H]2N(CCCCn3cnc(-c4cnc(Cl)c(C)c4)c3)C(=O)O[C@]12C. The van der Waals surface area contributed by atoms with Gasteiger partial charge in [0.25, 0.3) is 0 Å². The lowest BCUT2D eigenvalue weighted by Gasteiger charge is -2.47. The molecule has 1 N–H and O–H groups in total. The van der Waals surface area contributed by atoms with Gasteiger partial charge in [0.1, 0.15) is 29.1 Å². The van der Waals surface area contributed by atoms with E-state index in [1.54, 1.807) is 45.1 Å². The van der Waals surface area contributed by atoms with Crippen molar-refractivity contribution in [1.29, 1.82) is 0 Å². The van der Waals surface area contributed by atoms with E-state index in [2.05, 4.69) is 9.97 Å². The van der Waals surface area contributed by atoms with Gasteiger partial charge in [-0.1, -0.05) is 39.3 Å². The Balaban J connectivity index is 1.42. The number of aryl methyl sites for hydroxylation is 2. The number of ether oxygens (including phenoxy) is 5. The molecule has 0 spiro atoms. The molecule has 0 saturated carbocycles. The second-order valence-electron chi connectivity index (χ2n) is 17.9. The molecule has 3 saturated heterocycles. The lowest BCUT2D eigenvalue weighted by Crippen LogP contribution is -2.60. The lowest BCUT2D eigenvalue weighted by molar-refractivity contribution is -0.295. The molecule has 0 radical (unpaired) electrons. The number of methoxy groups -OCH3 is 1. The van der Waals surface area contributed by atoms with Crippen LogP contribution in [0.2, 0.25) is 5.15 Å². The monoisotopic (exact) mass is 859 g/mol. The summed E-state index contributed by atoms with van der Waals surface area (Å²) >= 11 is 6.12. The number of likely N-dealkylation sites (N-methyl/N-ethyl adjacent to an activating group) is 1. The molecule has 334 valence electrons. The quantitative estimate of drug-likeness (QED) is 0.123. The number of imidazole rings is 1. The molecule has 1 unspecified atom stereocenters. The number of carbonyl (C=O) groups is 4. The number of pyridine rings is 1. The third kappa shape index (κ3) is 9.76. The fourth-order valence-electron chi connectivity index (χ4n) is 9.62. The van der Waals surface area contributed by atoms with E-state index in [-0.39, 0.29) is 37.3 Å². The molecule has 2 aromatic rings. The highest BCUT2D eigenvalue weighted by atomic mass is 35.5. The number of hydrogen-bond donors (Lipinski definition) is 1. The molecule has 3 fully saturated rings. The van der Waals surface area contributed by atoms with E-state index in [1.807, 2.05) is 63.5 Å². The van der Waals surface area contributed by atoms with Gasteiger partial charge in [0.2, 0.25) is 0 Å². The third-order valence-corrected chi connectivity index (χ3v) is 13.6. The van der Waals surface area contributed by atoms with E-state index in [9.17, 15) is 24.3 Å². The maximum Gasteiger partial charge on any atom is 0.410 e. The van der Waals surface area contributed by atoms with Gasteiger partial charge in [-0.15, -0.1) is 0 Å². The van der Waals surface area contributed by atoms with Crippen LogP contribution in [0.5, 0.6) is 0 Å². The van der Waals surface area contributed by atoms with E-state index in [4.69, 9.17) is 35.3 Å². The summed E-state index contributed by atoms with van der Waals surface area (Å²) in [4.78, 5) is 69.2. The van der Waals surface area contributed by atoms with Crippen molar-refractivity contribution in [3.63, 3.8) is 0 Å². The molecule has 0 aliphatic carbocycles. The second-order valence-corrected chi connectivity index (χ2v) is 18.3. The van der Waals surface area contributed by atoms with Gasteiger partial charge in [-0.2, -0.15) is 0 Å². The van der Waals surface area contributed by atoms with Crippen LogP contribution >= 0.6 is 11.6 Å². The van der Waals surface area contributed by atoms with Gasteiger partial charge in [-0.05, 0) is 92.4 Å². The highest BCUT2D eigenvalue weighted by molar-refractivity contribution is 6.30. The number of amides is 1. The Kier molecular flexibility index (Phi) is 15.3. The van der Waals surface area contributed by atoms with Crippen LogP contribution in [0.25, 0.3) is 11.3 Å². The van der Waals surface area contributed by atoms with Gasteiger partial charge in [0.15, 0.2) is 17.7 Å². The summed E-state index contributed by atoms with van der Waals surface area (Å²) in [5, 5.41) is 11.9. The molecule has 5 heterocycles. The van der Waals surface area contributed by atoms with Crippen LogP contribution < -0.4 is 0 Å². The largest absolute Gasteiger partial charge is 0.458 e. The van der Waals surface area contributed by atoms with Crippen molar-refractivity contribution in [3.05, 3.63) is 35.5 Å². The summed E-state index contributed by atoms with van der Waals surface area (Å²) in [5.74, 6) is -5.00. The summed E-state index contributed by atoms with van der Waals surface area (Å²) < 4.78 is 33.2. The molecule has 3 aliphatic rings. The van der Waals surface area contributed by atoms with Crippen LogP contribution in [0.1, 0.15) is 93.1 Å².